The van der Waals surface area contributed by atoms with Gasteiger partial charge in [0.1, 0.15) is 0 Å². The van der Waals surface area contributed by atoms with Crippen LogP contribution in [0.2, 0.25) is 0 Å². The van der Waals surface area contributed by atoms with Gasteiger partial charge in [-0.3, -0.25) is 9.59 Å². The van der Waals surface area contributed by atoms with E-state index in [4.69, 9.17) is 0 Å². The summed E-state index contributed by atoms with van der Waals surface area (Å²) in [5, 5.41) is 0. The van der Waals surface area contributed by atoms with Crippen LogP contribution in [0.1, 0.15) is 51.0 Å². The molecule has 0 bridgehead atoms. The average Bonchev–Trinajstić information content (AvgIpc) is 2.78. The first-order valence-corrected chi connectivity index (χ1v) is 7.33. The monoisotopic (exact) mass is 271 g/mol. The molecule has 3 nitrogen and oxygen atoms in total. The Hall–Kier alpha value is -1.90. The van der Waals surface area contributed by atoms with Crippen LogP contribution < -0.4 is 4.90 Å². The average molecular weight is 271 g/mol. The van der Waals surface area contributed by atoms with E-state index in [-0.39, 0.29) is 11.8 Å². The number of benzene rings is 1. The molecule has 0 radical (unpaired) electrons. The van der Waals surface area contributed by atoms with Crippen LogP contribution in [0.25, 0.3) is 0 Å². The molecule has 2 amide bonds. The largest absolute Gasteiger partial charge is 0.269 e. The standard InChI is InChI=1S/C17H21NO2/c1-3-5-13(6-4-2)14-7-9-15(10-8-14)18-16(19)11-12-17(18)20/h7-13H,3-6H2,1-2H3. The van der Waals surface area contributed by atoms with Crippen molar-refractivity contribution in [3.63, 3.8) is 0 Å². The summed E-state index contributed by atoms with van der Waals surface area (Å²) in [5.41, 5.74) is 1.95. The second kappa shape index (κ2) is 6.51. The number of anilines is 1. The van der Waals surface area contributed by atoms with E-state index in [0.29, 0.717) is 11.6 Å². The van der Waals surface area contributed by atoms with E-state index in [2.05, 4.69) is 13.8 Å². The molecule has 20 heavy (non-hydrogen) atoms. The maximum Gasteiger partial charge on any atom is 0.258 e. The van der Waals surface area contributed by atoms with E-state index >= 15 is 0 Å². The minimum atomic E-state index is -0.263. The Labute approximate surface area is 120 Å². The van der Waals surface area contributed by atoms with Gasteiger partial charge in [-0.15, -0.1) is 0 Å². The van der Waals surface area contributed by atoms with E-state index < -0.39 is 0 Å². The molecule has 0 saturated carbocycles. The summed E-state index contributed by atoms with van der Waals surface area (Å²) in [6, 6.07) is 7.83. The Kier molecular flexibility index (Phi) is 4.72. The van der Waals surface area contributed by atoms with Gasteiger partial charge in [0.2, 0.25) is 0 Å². The van der Waals surface area contributed by atoms with Crippen molar-refractivity contribution in [2.24, 2.45) is 0 Å². The lowest BCUT2D eigenvalue weighted by molar-refractivity contribution is -0.119. The lowest BCUT2D eigenvalue weighted by Gasteiger charge is -2.18. The van der Waals surface area contributed by atoms with Crippen molar-refractivity contribution in [3.8, 4) is 0 Å². The summed E-state index contributed by atoms with van der Waals surface area (Å²) in [6.07, 6.45) is 7.31. The van der Waals surface area contributed by atoms with Crippen molar-refractivity contribution < 1.29 is 9.59 Å². The molecular formula is C17H21NO2. The van der Waals surface area contributed by atoms with Crippen LogP contribution in [0.3, 0.4) is 0 Å². The first-order chi connectivity index (χ1) is 9.67. The van der Waals surface area contributed by atoms with E-state index in [1.54, 1.807) is 0 Å². The Morgan fingerprint density at radius 3 is 1.85 bits per heavy atom. The fraction of sp³-hybridized carbons (Fsp3) is 0.412. The smallest absolute Gasteiger partial charge is 0.258 e. The van der Waals surface area contributed by atoms with Crippen molar-refractivity contribution in [1.82, 2.24) is 0 Å². The first kappa shape index (κ1) is 14.5. The normalized spacial score (nSPS) is 14.7. The van der Waals surface area contributed by atoms with Gasteiger partial charge in [-0.1, -0.05) is 38.8 Å². The molecule has 0 saturated heterocycles. The Morgan fingerprint density at radius 2 is 1.40 bits per heavy atom. The fourth-order valence-corrected chi connectivity index (χ4v) is 2.72. The second-order valence-corrected chi connectivity index (χ2v) is 5.21. The number of carbonyl (C=O) groups excluding carboxylic acids is 2. The molecular weight excluding hydrogens is 250 g/mol. The third-order valence-corrected chi connectivity index (χ3v) is 3.71. The molecule has 0 N–H and O–H groups in total. The zero-order valence-electron chi connectivity index (χ0n) is 12.1. The number of hydrogen-bond acceptors (Lipinski definition) is 2. The SMILES string of the molecule is CCCC(CCC)c1ccc(N2C(=O)C=CC2=O)cc1. The molecule has 0 atom stereocenters. The first-order valence-electron chi connectivity index (χ1n) is 7.33. The summed E-state index contributed by atoms with van der Waals surface area (Å²) >= 11 is 0. The number of amides is 2. The summed E-state index contributed by atoms with van der Waals surface area (Å²) in [7, 11) is 0. The minimum absolute atomic E-state index is 0.263. The van der Waals surface area contributed by atoms with Crippen molar-refractivity contribution in [1.29, 1.82) is 0 Å². The van der Waals surface area contributed by atoms with Gasteiger partial charge < -0.3 is 0 Å². The predicted octanol–water partition coefficient (Wildman–Crippen LogP) is 3.80. The molecule has 3 heteroatoms. The number of hydrogen-bond donors (Lipinski definition) is 0. The highest BCUT2D eigenvalue weighted by molar-refractivity contribution is 6.28. The second-order valence-electron chi connectivity index (χ2n) is 5.21. The Bertz CT molecular complexity index is 492. The number of rotatable bonds is 6. The molecule has 0 unspecified atom stereocenters. The zero-order chi connectivity index (χ0) is 14.5. The van der Waals surface area contributed by atoms with Gasteiger partial charge in [0.05, 0.1) is 5.69 Å². The molecule has 106 valence electrons. The topological polar surface area (TPSA) is 37.4 Å². The molecule has 1 aromatic carbocycles. The summed E-state index contributed by atoms with van der Waals surface area (Å²) in [6.45, 7) is 4.40. The van der Waals surface area contributed by atoms with E-state index in [9.17, 15) is 9.59 Å². The van der Waals surface area contributed by atoms with Crippen molar-refractivity contribution in [3.05, 3.63) is 42.0 Å². The Morgan fingerprint density at radius 1 is 0.900 bits per heavy atom. The third-order valence-electron chi connectivity index (χ3n) is 3.71. The molecule has 1 heterocycles. The molecule has 1 aromatic rings. The fourth-order valence-electron chi connectivity index (χ4n) is 2.72. The van der Waals surface area contributed by atoms with Crippen LogP contribution in [0.5, 0.6) is 0 Å². The summed E-state index contributed by atoms with van der Waals surface area (Å²) in [4.78, 5) is 24.5. The Balaban J connectivity index is 2.17. The van der Waals surface area contributed by atoms with Crippen LogP contribution in [0.4, 0.5) is 5.69 Å². The van der Waals surface area contributed by atoms with E-state index in [0.717, 1.165) is 0 Å². The molecule has 0 aromatic heterocycles. The van der Waals surface area contributed by atoms with Gasteiger partial charge in [0.25, 0.3) is 11.8 Å². The molecule has 0 aliphatic carbocycles. The van der Waals surface area contributed by atoms with Crippen LogP contribution in [-0.4, -0.2) is 11.8 Å². The van der Waals surface area contributed by atoms with Gasteiger partial charge in [0.15, 0.2) is 0 Å². The predicted molar refractivity (Wildman–Crippen MR) is 80.6 cm³/mol. The van der Waals surface area contributed by atoms with Crippen LogP contribution in [0.15, 0.2) is 36.4 Å². The molecule has 2 rings (SSSR count). The third kappa shape index (κ3) is 2.98. The number of imide groups is 1. The molecule has 1 aliphatic heterocycles. The lowest BCUT2D eigenvalue weighted by Crippen LogP contribution is -2.29. The summed E-state index contributed by atoms with van der Waals surface area (Å²) in [5.74, 6) is 0.0463. The molecule has 0 fully saturated rings. The van der Waals surface area contributed by atoms with Crippen molar-refractivity contribution in [2.45, 2.75) is 45.4 Å². The number of nitrogens with zero attached hydrogens (tertiary/aromatic N) is 1. The number of carbonyl (C=O) groups is 2. The van der Waals surface area contributed by atoms with E-state index in [1.807, 2.05) is 24.3 Å². The highest BCUT2D eigenvalue weighted by Crippen LogP contribution is 2.28. The van der Waals surface area contributed by atoms with Crippen LogP contribution >= 0.6 is 0 Å². The van der Waals surface area contributed by atoms with Gasteiger partial charge >= 0.3 is 0 Å². The quantitative estimate of drug-likeness (QED) is 0.738. The van der Waals surface area contributed by atoms with Gasteiger partial charge in [-0.05, 0) is 36.5 Å². The van der Waals surface area contributed by atoms with Crippen LogP contribution in [-0.2, 0) is 9.59 Å². The highest BCUT2D eigenvalue weighted by Gasteiger charge is 2.25. The van der Waals surface area contributed by atoms with Gasteiger partial charge in [-0.25, -0.2) is 4.90 Å². The minimum Gasteiger partial charge on any atom is -0.269 e. The zero-order valence-corrected chi connectivity index (χ0v) is 12.1. The highest BCUT2D eigenvalue weighted by atomic mass is 16.2. The maximum absolute atomic E-state index is 11.6. The molecule has 0 spiro atoms. The van der Waals surface area contributed by atoms with Gasteiger partial charge in [-0.2, -0.15) is 0 Å². The van der Waals surface area contributed by atoms with Crippen LogP contribution in [0, 0.1) is 0 Å². The lowest BCUT2D eigenvalue weighted by atomic mass is 9.90. The van der Waals surface area contributed by atoms with Crippen molar-refractivity contribution in [2.75, 3.05) is 4.90 Å². The molecule has 1 aliphatic rings. The maximum atomic E-state index is 11.6. The van der Waals surface area contributed by atoms with Gasteiger partial charge in [0, 0.05) is 12.2 Å². The summed E-state index contributed by atoms with van der Waals surface area (Å²) < 4.78 is 0. The van der Waals surface area contributed by atoms with E-state index in [1.165, 1.54) is 48.3 Å². The van der Waals surface area contributed by atoms with Crippen molar-refractivity contribution >= 4 is 17.5 Å².